The van der Waals surface area contributed by atoms with Crippen LogP contribution in [0, 0.1) is 0 Å². The molecule has 18 heavy (non-hydrogen) atoms. The molecule has 0 aromatic carbocycles. The van der Waals surface area contributed by atoms with Gasteiger partial charge in [0.2, 0.25) is 5.91 Å². The van der Waals surface area contributed by atoms with E-state index in [9.17, 15) is 19.2 Å². The van der Waals surface area contributed by atoms with E-state index in [0.717, 1.165) is 9.80 Å². The lowest BCUT2D eigenvalue weighted by molar-refractivity contribution is -0.142. The number of nitrogens with two attached hydrogens (primary N) is 1. The van der Waals surface area contributed by atoms with Gasteiger partial charge in [-0.25, -0.2) is 10.6 Å². The van der Waals surface area contributed by atoms with Crippen molar-refractivity contribution >= 4 is 23.8 Å². The van der Waals surface area contributed by atoms with Crippen molar-refractivity contribution in [3.8, 4) is 0 Å². The number of hydrogen-bond donors (Lipinski definition) is 2. The van der Waals surface area contributed by atoms with E-state index in [2.05, 4.69) is 0 Å². The van der Waals surface area contributed by atoms with Gasteiger partial charge in [0.25, 0.3) is 0 Å². The molecule has 0 spiro atoms. The van der Waals surface area contributed by atoms with Crippen LogP contribution in [0.15, 0.2) is 0 Å². The maximum Gasteiger partial charge on any atom is 0.333 e. The Labute approximate surface area is 104 Å². The number of nitrogens with zero attached hydrogens (tertiary/aromatic N) is 2. The molecule has 0 bridgehead atoms. The molecule has 1 rings (SSSR count). The van der Waals surface area contributed by atoms with Gasteiger partial charge in [0, 0.05) is 20.0 Å². The predicted octanol–water partition coefficient (Wildman–Crippen LogP) is -1.04. The van der Waals surface area contributed by atoms with E-state index in [1.807, 2.05) is 5.43 Å². The third-order valence-electron chi connectivity index (χ3n) is 2.70. The second-order valence-electron chi connectivity index (χ2n) is 3.98. The number of imide groups is 2. The fraction of sp³-hybridized carbons (Fsp3) is 0.600. The Hall–Kier alpha value is -1.96. The molecular formula is C10H16N4O4. The van der Waals surface area contributed by atoms with Gasteiger partial charge in [-0.2, -0.15) is 0 Å². The van der Waals surface area contributed by atoms with Gasteiger partial charge in [0.1, 0.15) is 0 Å². The SMILES string of the molecule is CN1C(=O)C(=O)N(CCCCCC(=O)NN)C1=O. The number of carbonyl (C=O) groups is 4. The average Bonchev–Trinajstić information content (AvgIpc) is 2.55. The van der Waals surface area contributed by atoms with Crippen LogP contribution in [0.3, 0.4) is 0 Å². The number of carbonyl (C=O) groups excluding carboxylic acids is 4. The van der Waals surface area contributed by atoms with Crippen molar-refractivity contribution < 1.29 is 19.2 Å². The minimum absolute atomic E-state index is 0.192. The highest BCUT2D eigenvalue weighted by Gasteiger charge is 2.41. The van der Waals surface area contributed by atoms with Crippen molar-refractivity contribution in [1.29, 1.82) is 0 Å². The normalized spacial score (nSPS) is 15.6. The Bertz CT molecular complexity index is 382. The summed E-state index contributed by atoms with van der Waals surface area (Å²) in [4.78, 5) is 46.6. The first-order valence-electron chi connectivity index (χ1n) is 5.62. The summed E-state index contributed by atoms with van der Waals surface area (Å²) in [6.45, 7) is 0.192. The van der Waals surface area contributed by atoms with E-state index < -0.39 is 17.8 Å². The number of nitrogens with one attached hydrogen (secondary N) is 1. The average molecular weight is 256 g/mol. The van der Waals surface area contributed by atoms with Crippen LogP contribution in [0.1, 0.15) is 25.7 Å². The van der Waals surface area contributed by atoms with Gasteiger partial charge in [-0.3, -0.25) is 29.6 Å². The molecule has 1 fully saturated rings. The lowest BCUT2D eigenvalue weighted by atomic mass is 10.2. The summed E-state index contributed by atoms with van der Waals surface area (Å²) in [5.41, 5.74) is 2.01. The van der Waals surface area contributed by atoms with Crippen molar-refractivity contribution in [2.75, 3.05) is 13.6 Å². The summed E-state index contributed by atoms with van der Waals surface area (Å²) < 4.78 is 0. The first-order chi connectivity index (χ1) is 8.49. The smallest absolute Gasteiger partial charge is 0.294 e. The Kier molecular flexibility index (Phi) is 4.78. The number of urea groups is 1. The Balaban J connectivity index is 2.28. The number of amides is 5. The van der Waals surface area contributed by atoms with Crippen LogP contribution < -0.4 is 11.3 Å². The molecule has 1 aliphatic heterocycles. The van der Waals surface area contributed by atoms with E-state index >= 15 is 0 Å². The van der Waals surface area contributed by atoms with Crippen LogP contribution in [0.25, 0.3) is 0 Å². The van der Waals surface area contributed by atoms with Crippen LogP contribution in [-0.4, -0.2) is 47.1 Å². The minimum atomic E-state index is -0.803. The van der Waals surface area contributed by atoms with E-state index in [1.165, 1.54) is 7.05 Å². The van der Waals surface area contributed by atoms with Gasteiger partial charge in [-0.15, -0.1) is 0 Å². The molecular weight excluding hydrogens is 240 g/mol. The van der Waals surface area contributed by atoms with Crippen molar-refractivity contribution in [1.82, 2.24) is 15.2 Å². The second kappa shape index (κ2) is 6.10. The van der Waals surface area contributed by atoms with Crippen LogP contribution in [0.2, 0.25) is 0 Å². The topological polar surface area (TPSA) is 113 Å². The number of unbranched alkanes of at least 4 members (excludes halogenated alkanes) is 2. The molecule has 0 radical (unpaired) electrons. The first-order valence-corrected chi connectivity index (χ1v) is 5.62. The molecule has 0 aromatic rings. The number of rotatable bonds is 6. The molecule has 8 heteroatoms. The lowest BCUT2D eigenvalue weighted by Crippen LogP contribution is -2.32. The summed E-state index contributed by atoms with van der Waals surface area (Å²) in [7, 11) is 1.27. The van der Waals surface area contributed by atoms with Crippen molar-refractivity contribution in [2.24, 2.45) is 5.84 Å². The Morgan fingerprint density at radius 3 is 2.33 bits per heavy atom. The quantitative estimate of drug-likeness (QED) is 0.157. The molecule has 100 valence electrons. The number of hydrogen-bond acceptors (Lipinski definition) is 5. The zero-order valence-electron chi connectivity index (χ0n) is 10.1. The second-order valence-corrected chi connectivity index (χ2v) is 3.98. The largest absolute Gasteiger partial charge is 0.333 e. The van der Waals surface area contributed by atoms with Crippen molar-refractivity contribution in [2.45, 2.75) is 25.7 Å². The molecule has 3 N–H and O–H groups in total. The fourth-order valence-electron chi connectivity index (χ4n) is 1.62. The Morgan fingerprint density at radius 2 is 1.83 bits per heavy atom. The summed E-state index contributed by atoms with van der Waals surface area (Å²) in [5.74, 6) is 3.07. The first kappa shape index (κ1) is 14.1. The molecule has 1 heterocycles. The van der Waals surface area contributed by atoms with Crippen LogP contribution >= 0.6 is 0 Å². The molecule has 0 aromatic heterocycles. The van der Waals surface area contributed by atoms with Gasteiger partial charge < -0.3 is 0 Å². The monoisotopic (exact) mass is 256 g/mol. The predicted molar refractivity (Wildman–Crippen MR) is 60.7 cm³/mol. The zero-order valence-corrected chi connectivity index (χ0v) is 10.1. The molecule has 0 unspecified atom stereocenters. The van der Waals surface area contributed by atoms with Gasteiger partial charge in [0.15, 0.2) is 0 Å². The highest BCUT2D eigenvalue weighted by Crippen LogP contribution is 2.11. The van der Waals surface area contributed by atoms with Gasteiger partial charge >= 0.3 is 17.8 Å². The molecule has 5 amide bonds. The summed E-state index contributed by atoms with van der Waals surface area (Å²) in [5, 5.41) is 0. The van der Waals surface area contributed by atoms with Gasteiger partial charge in [0.05, 0.1) is 0 Å². The van der Waals surface area contributed by atoms with Gasteiger partial charge in [-0.05, 0) is 12.8 Å². The van der Waals surface area contributed by atoms with Crippen molar-refractivity contribution in [3.63, 3.8) is 0 Å². The standard InChI is InChI=1S/C10H16N4O4/c1-13-8(16)9(17)14(10(13)18)6-4-2-3-5-7(15)12-11/h2-6,11H2,1H3,(H,12,15). The van der Waals surface area contributed by atoms with E-state index in [-0.39, 0.29) is 12.5 Å². The van der Waals surface area contributed by atoms with E-state index in [4.69, 9.17) is 5.84 Å². The highest BCUT2D eigenvalue weighted by molar-refractivity contribution is 6.44. The molecule has 1 saturated heterocycles. The highest BCUT2D eigenvalue weighted by atomic mass is 16.2. The van der Waals surface area contributed by atoms with Crippen LogP contribution in [-0.2, 0) is 14.4 Å². The third-order valence-corrected chi connectivity index (χ3v) is 2.70. The third kappa shape index (κ3) is 3.04. The number of hydrazine groups is 1. The summed E-state index contributed by atoms with van der Waals surface area (Å²) in [6, 6.07) is -0.593. The molecule has 0 aliphatic carbocycles. The molecule has 8 nitrogen and oxygen atoms in total. The molecule has 1 aliphatic rings. The van der Waals surface area contributed by atoms with Crippen LogP contribution in [0.5, 0.6) is 0 Å². The van der Waals surface area contributed by atoms with E-state index in [0.29, 0.717) is 25.7 Å². The minimum Gasteiger partial charge on any atom is -0.294 e. The molecule has 0 atom stereocenters. The number of likely N-dealkylation sites (N-methyl/N-ethyl adjacent to an activating group) is 1. The van der Waals surface area contributed by atoms with E-state index in [1.54, 1.807) is 0 Å². The van der Waals surface area contributed by atoms with Gasteiger partial charge in [-0.1, -0.05) is 6.42 Å². The summed E-state index contributed by atoms with van der Waals surface area (Å²) >= 11 is 0. The lowest BCUT2D eigenvalue weighted by Gasteiger charge is -2.12. The Morgan fingerprint density at radius 1 is 1.17 bits per heavy atom. The summed E-state index contributed by atoms with van der Waals surface area (Å²) in [6.07, 6.45) is 2.14. The maximum absolute atomic E-state index is 11.5. The molecule has 0 saturated carbocycles. The van der Waals surface area contributed by atoms with Crippen LogP contribution in [0.4, 0.5) is 4.79 Å². The fourth-order valence-corrected chi connectivity index (χ4v) is 1.62. The zero-order chi connectivity index (χ0) is 13.7. The maximum atomic E-state index is 11.5. The van der Waals surface area contributed by atoms with Crippen molar-refractivity contribution in [3.05, 3.63) is 0 Å².